The minimum atomic E-state index is -0.555. The minimum absolute atomic E-state index is 0.555. The van der Waals surface area contributed by atoms with Crippen LogP contribution in [-0.2, 0) is 13.0 Å². The van der Waals surface area contributed by atoms with Crippen molar-refractivity contribution >= 4 is 11.6 Å². The van der Waals surface area contributed by atoms with Gasteiger partial charge in [0, 0.05) is 30.1 Å². The van der Waals surface area contributed by atoms with Crippen LogP contribution < -0.4 is 10.1 Å². The van der Waals surface area contributed by atoms with Crippen molar-refractivity contribution in [2.24, 2.45) is 5.92 Å². The Morgan fingerprint density at radius 2 is 2.33 bits per heavy atom. The van der Waals surface area contributed by atoms with Gasteiger partial charge in [0.2, 0.25) is 0 Å². The fourth-order valence-electron chi connectivity index (χ4n) is 3.70. The van der Waals surface area contributed by atoms with Crippen LogP contribution in [0.25, 0.3) is 0 Å². The predicted octanol–water partition coefficient (Wildman–Crippen LogP) is 3.31. The Balaban J connectivity index is 1.61. The van der Waals surface area contributed by atoms with Crippen molar-refractivity contribution in [3.05, 3.63) is 28.3 Å². The van der Waals surface area contributed by atoms with E-state index in [0.717, 1.165) is 48.6 Å². The molecule has 0 spiro atoms. The molecule has 1 aliphatic carbocycles. The number of halogens is 1. The maximum absolute atomic E-state index is 10.6. The van der Waals surface area contributed by atoms with E-state index in [9.17, 15) is 5.11 Å². The second kappa shape index (κ2) is 6.15. The second-order valence-corrected chi connectivity index (χ2v) is 7.12. The number of benzene rings is 1. The lowest BCUT2D eigenvalue weighted by Gasteiger charge is -2.35. The first-order valence-electron chi connectivity index (χ1n) is 7.93. The van der Waals surface area contributed by atoms with Crippen LogP contribution in [0.15, 0.2) is 12.1 Å². The van der Waals surface area contributed by atoms with E-state index in [1.807, 2.05) is 12.1 Å². The Labute approximate surface area is 131 Å². The molecular formula is C17H24ClNO2. The summed E-state index contributed by atoms with van der Waals surface area (Å²) in [7, 11) is 0. The number of ether oxygens (including phenoxy) is 1. The first kappa shape index (κ1) is 15.1. The zero-order valence-electron chi connectivity index (χ0n) is 12.6. The maximum atomic E-state index is 10.6. The summed E-state index contributed by atoms with van der Waals surface area (Å²) in [4.78, 5) is 0. The molecule has 1 heterocycles. The van der Waals surface area contributed by atoms with E-state index in [-0.39, 0.29) is 0 Å². The molecule has 0 bridgehead atoms. The van der Waals surface area contributed by atoms with E-state index in [4.69, 9.17) is 16.3 Å². The van der Waals surface area contributed by atoms with Crippen LogP contribution in [-0.4, -0.2) is 23.9 Å². The Hall–Kier alpha value is -0.770. The summed E-state index contributed by atoms with van der Waals surface area (Å²) in [6, 6.07) is 3.95. The highest BCUT2D eigenvalue weighted by Gasteiger charge is 2.32. The number of rotatable bonds is 4. The molecule has 0 radical (unpaired) electrons. The van der Waals surface area contributed by atoms with Crippen molar-refractivity contribution in [2.75, 3.05) is 13.2 Å². The third-order valence-electron chi connectivity index (χ3n) is 4.66. The monoisotopic (exact) mass is 309 g/mol. The summed E-state index contributed by atoms with van der Waals surface area (Å²) in [6.45, 7) is 4.30. The molecule has 1 aliphatic heterocycles. The molecule has 1 fully saturated rings. The summed E-state index contributed by atoms with van der Waals surface area (Å²) in [5.74, 6) is 1.60. The van der Waals surface area contributed by atoms with Crippen molar-refractivity contribution in [1.82, 2.24) is 5.32 Å². The lowest BCUT2D eigenvalue weighted by molar-refractivity contribution is -0.0119. The van der Waals surface area contributed by atoms with Crippen LogP contribution >= 0.6 is 11.6 Å². The van der Waals surface area contributed by atoms with Crippen molar-refractivity contribution in [3.63, 3.8) is 0 Å². The molecule has 1 aromatic rings. The molecule has 4 heteroatoms. The third kappa shape index (κ3) is 3.53. The first-order chi connectivity index (χ1) is 10.1. The number of aliphatic hydroxyl groups is 1. The summed E-state index contributed by atoms with van der Waals surface area (Å²) in [5.41, 5.74) is 1.74. The zero-order chi connectivity index (χ0) is 14.9. The average Bonchev–Trinajstić information content (AvgIpc) is 2.86. The largest absolute Gasteiger partial charge is 0.493 e. The zero-order valence-corrected chi connectivity index (χ0v) is 13.4. The molecule has 0 aromatic heterocycles. The average molecular weight is 310 g/mol. The maximum Gasteiger partial charge on any atom is 0.127 e. The summed E-state index contributed by atoms with van der Waals surface area (Å²) in [5, 5.41) is 14.8. The van der Waals surface area contributed by atoms with Crippen molar-refractivity contribution in [1.29, 1.82) is 0 Å². The summed E-state index contributed by atoms with van der Waals surface area (Å²) in [6.07, 6.45) is 5.08. The normalized spacial score (nSPS) is 28.2. The van der Waals surface area contributed by atoms with Gasteiger partial charge in [0.05, 0.1) is 12.2 Å². The summed E-state index contributed by atoms with van der Waals surface area (Å²) < 4.78 is 5.71. The Morgan fingerprint density at radius 1 is 1.48 bits per heavy atom. The van der Waals surface area contributed by atoms with Gasteiger partial charge in [-0.05, 0) is 36.5 Å². The van der Waals surface area contributed by atoms with Gasteiger partial charge in [-0.15, -0.1) is 0 Å². The molecule has 0 saturated heterocycles. The van der Waals surface area contributed by atoms with Gasteiger partial charge in [0.1, 0.15) is 5.75 Å². The Bertz CT molecular complexity index is 520. The molecule has 0 amide bonds. The quantitative estimate of drug-likeness (QED) is 0.896. The molecule has 116 valence electrons. The molecule has 21 heavy (non-hydrogen) atoms. The van der Waals surface area contributed by atoms with Gasteiger partial charge in [-0.25, -0.2) is 0 Å². The van der Waals surface area contributed by atoms with Crippen molar-refractivity contribution in [2.45, 2.75) is 51.2 Å². The van der Waals surface area contributed by atoms with E-state index in [1.165, 1.54) is 12.0 Å². The lowest BCUT2D eigenvalue weighted by atomic mass is 9.79. The fourth-order valence-corrected chi connectivity index (χ4v) is 3.96. The second-order valence-electron chi connectivity index (χ2n) is 6.68. The smallest absolute Gasteiger partial charge is 0.127 e. The molecule has 1 aromatic carbocycles. The molecule has 2 unspecified atom stereocenters. The molecular weight excluding hydrogens is 286 g/mol. The highest BCUT2D eigenvalue weighted by Crippen LogP contribution is 2.34. The SMILES string of the molecule is CC1CCCC(O)(CNCc2cc(Cl)cc3c2OCC3)C1. The Morgan fingerprint density at radius 3 is 3.14 bits per heavy atom. The van der Waals surface area contributed by atoms with Gasteiger partial charge >= 0.3 is 0 Å². The molecule has 2 atom stereocenters. The van der Waals surface area contributed by atoms with E-state index >= 15 is 0 Å². The molecule has 3 nitrogen and oxygen atoms in total. The van der Waals surface area contributed by atoms with Crippen LogP contribution in [0.3, 0.4) is 0 Å². The predicted molar refractivity (Wildman–Crippen MR) is 84.9 cm³/mol. The summed E-state index contributed by atoms with van der Waals surface area (Å²) >= 11 is 6.17. The number of hydrogen-bond acceptors (Lipinski definition) is 3. The van der Waals surface area contributed by atoms with E-state index in [1.54, 1.807) is 0 Å². The standard InChI is InChI=1S/C17H24ClNO2/c1-12-3-2-5-17(20,9-12)11-19-10-14-8-15(18)7-13-4-6-21-16(13)14/h7-8,12,19-20H,2-6,9-11H2,1H3. The van der Waals surface area contributed by atoms with Crippen molar-refractivity contribution < 1.29 is 9.84 Å². The Kier molecular flexibility index (Phi) is 4.43. The molecule has 2 aliphatic rings. The van der Waals surface area contributed by atoms with Gasteiger partial charge in [0.25, 0.3) is 0 Å². The van der Waals surface area contributed by atoms with E-state index < -0.39 is 5.60 Å². The van der Waals surface area contributed by atoms with Crippen LogP contribution in [0.4, 0.5) is 0 Å². The number of fused-ring (bicyclic) bond motifs is 1. The van der Waals surface area contributed by atoms with E-state index in [0.29, 0.717) is 19.0 Å². The highest BCUT2D eigenvalue weighted by atomic mass is 35.5. The third-order valence-corrected chi connectivity index (χ3v) is 4.88. The van der Waals surface area contributed by atoms with Gasteiger partial charge in [-0.3, -0.25) is 0 Å². The first-order valence-corrected chi connectivity index (χ1v) is 8.31. The fraction of sp³-hybridized carbons (Fsp3) is 0.647. The molecule has 2 N–H and O–H groups in total. The van der Waals surface area contributed by atoms with Crippen molar-refractivity contribution in [3.8, 4) is 5.75 Å². The van der Waals surface area contributed by atoms with Crippen LogP contribution in [0, 0.1) is 5.92 Å². The number of nitrogens with one attached hydrogen (secondary N) is 1. The van der Waals surface area contributed by atoms with E-state index in [2.05, 4.69) is 12.2 Å². The van der Waals surface area contributed by atoms with Crippen LogP contribution in [0.5, 0.6) is 5.75 Å². The van der Waals surface area contributed by atoms with Gasteiger partial charge in [-0.1, -0.05) is 31.4 Å². The van der Waals surface area contributed by atoms with Crippen LogP contribution in [0.2, 0.25) is 5.02 Å². The van der Waals surface area contributed by atoms with Gasteiger partial charge in [0.15, 0.2) is 0 Å². The minimum Gasteiger partial charge on any atom is -0.493 e. The lowest BCUT2D eigenvalue weighted by Crippen LogP contribution is -2.43. The number of hydrogen-bond donors (Lipinski definition) is 2. The van der Waals surface area contributed by atoms with Crippen LogP contribution in [0.1, 0.15) is 43.7 Å². The highest BCUT2D eigenvalue weighted by molar-refractivity contribution is 6.30. The van der Waals surface area contributed by atoms with Gasteiger partial charge < -0.3 is 15.2 Å². The molecule has 3 rings (SSSR count). The molecule has 1 saturated carbocycles. The van der Waals surface area contributed by atoms with Gasteiger partial charge in [-0.2, -0.15) is 0 Å². The topological polar surface area (TPSA) is 41.5 Å².